The van der Waals surface area contributed by atoms with Gasteiger partial charge in [-0.1, -0.05) is 24.3 Å². The standard InChI is InChI=1S/C15H20O2/c1-2-17-11-5-7-13-10-9-12-6-3-4-8-14(12)15(13)16/h3-4,6,8,13H,2,5,7,9-11H2,1H3. The molecule has 2 heteroatoms. The molecule has 92 valence electrons. The molecule has 0 saturated carbocycles. The number of Topliss-reactive ketones (excluding diaryl/α,β-unsaturated/α-hetero) is 1. The molecule has 2 nitrogen and oxygen atoms in total. The van der Waals surface area contributed by atoms with E-state index < -0.39 is 0 Å². The number of ketones is 1. The second kappa shape index (κ2) is 5.97. The Hall–Kier alpha value is -1.15. The molecule has 1 aromatic carbocycles. The number of carbonyl (C=O) groups is 1. The van der Waals surface area contributed by atoms with Crippen LogP contribution in [0.4, 0.5) is 0 Å². The maximum atomic E-state index is 12.2. The lowest BCUT2D eigenvalue weighted by atomic mass is 9.80. The Bertz CT molecular complexity index is 384. The van der Waals surface area contributed by atoms with Gasteiger partial charge in [0.1, 0.15) is 0 Å². The van der Waals surface area contributed by atoms with E-state index in [0.717, 1.165) is 44.5 Å². The molecule has 1 aliphatic rings. The van der Waals surface area contributed by atoms with Gasteiger partial charge >= 0.3 is 0 Å². The molecule has 0 saturated heterocycles. The van der Waals surface area contributed by atoms with Crippen LogP contribution in [0.25, 0.3) is 0 Å². The fourth-order valence-corrected chi connectivity index (χ4v) is 2.51. The van der Waals surface area contributed by atoms with Crippen molar-refractivity contribution >= 4 is 5.78 Å². The van der Waals surface area contributed by atoms with E-state index in [9.17, 15) is 4.79 Å². The van der Waals surface area contributed by atoms with Gasteiger partial charge in [-0.25, -0.2) is 0 Å². The summed E-state index contributed by atoms with van der Waals surface area (Å²) in [6.07, 6.45) is 4.00. The lowest BCUT2D eigenvalue weighted by molar-refractivity contribution is 0.0875. The third-order valence-corrected chi connectivity index (χ3v) is 3.46. The highest BCUT2D eigenvalue weighted by atomic mass is 16.5. The Morgan fingerprint density at radius 2 is 2.18 bits per heavy atom. The maximum absolute atomic E-state index is 12.2. The molecule has 0 spiro atoms. The summed E-state index contributed by atoms with van der Waals surface area (Å²) in [5, 5.41) is 0. The number of carbonyl (C=O) groups excluding carboxylic acids is 1. The fourth-order valence-electron chi connectivity index (χ4n) is 2.51. The average Bonchev–Trinajstić information content (AvgIpc) is 2.37. The minimum absolute atomic E-state index is 0.213. The monoisotopic (exact) mass is 232 g/mol. The van der Waals surface area contributed by atoms with Crippen LogP contribution in [0.3, 0.4) is 0 Å². The molecule has 1 unspecified atom stereocenters. The highest BCUT2D eigenvalue weighted by Gasteiger charge is 2.26. The Morgan fingerprint density at radius 3 is 3.00 bits per heavy atom. The molecule has 17 heavy (non-hydrogen) atoms. The third-order valence-electron chi connectivity index (χ3n) is 3.46. The summed E-state index contributed by atoms with van der Waals surface area (Å²) >= 11 is 0. The normalized spacial score (nSPS) is 19.1. The molecule has 0 fully saturated rings. The summed E-state index contributed by atoms with van der Waals surface area (Å²) in [5.41, 5.74) is 2.17. The molecule has 0 bridgehead atoms. The van der Waals surface area contributed by atoms with Crippen LogP contribution in [0.5, 0.6) is 0 Å². The van der Waals surface area contributed by atoms with Gasteiger partial charge in [-0.2, -0.15) is 0 Å². The van der Waals surface area contributed by atoms with E-state index in [1.54, 1.807) is 0 Å². The lowest BCUT2D eigenvalue weighted by Crippen LogP contribution is -2.22. The van der Waals surface area contributed by atoms with Crippen molar-refractivity contribution in [3.05, 3.63) is 35.4 Å². The second-order valence-corrected chi connectivity index (χ2v) is 4.60. The summed E-state index contributed by atoms with van der Waals surface area (Å²) in [5.74, 6) is 0.550. The van der Waals surface area contributed by atoms with Crippen LogP contribution in [-0.2, 0) is 11.2 Å². The maximum Gasteiger partial charge on any atom is 0.166 e. The average molecular weight is 232 g/mol. The van der Waals surface area contributed by atoms with Crippen molar-refractivity contribution in [1.29, 1.82) is 0 Å². The van der Waals surface area contributed by atoms with Crippen molar-refractivity contribution in [3.8, 4) is 0 Å². The van der Waals surface area contributed by atoms with Gasteiger partial charge in [0.05, 0.1) is 0 Å². The van der Waals surface area contributed by atoms with Gasteiger partial charge in [0, 0.05) is 24.7 Å². The van der Waals surface area contributed by atoms with Gasteiger partial charge in [0.15, 0.2) is 5.78 Å². The number of aryl methyl sites for hydroxylation is 1. The number of fused-ring (bicyclic) bond motifs is 1. The smallest absolute Gasteiger partial charge is 0.166 e. The van der Waals surface area contributed by atoms with Crippen LogP contribution in [-0.4, -0.2) is 19.0 Å². The number of hydrogen-bond donors (Lipinski definition) is 0. The summed E-state index contributed by atoms with van der Waals surface area (Å²) in [6.45, 7) is 3.55. The van der Waals surface area contributed by atoms with Gasteiger partial charge in [-0.15, -0.1) is 0 Å². The number of ether oxygens (including phenoxy) is 1. The van der Waals surface area contributed by atoms with Crippen molar-refractivity contribution in [3.63, 3.8) is 0 Å². The minimum atomic E-state index is 0.213. The topological polar surface area (TPSA) is 26.3 Å². The third kappa shape index (κ3) is 2.95. The summed E-state index contributed by atoms with van der Waals surface area (Å²) < 4.78 is 5.32. The van der Waals surface area contributed by atoms with Crippen LogP contribution in [0, 0.1) is 5.92 Å². The molecular weight excluding hydrogens is 212 g/mol. The van der Waals surface area contributed by atoms with Crippen molar-refractivity contribution < 1.29 is 9.53 Å². The molecule has 0 radical (unpaired) electrons. The van der Waals surface area contributed by atoms with E-state index in [-0.39, 0.29) is 5.92 Å². The number of hydrogen-bond acceptors (Lipinski definition) is 2. The molecule has 1 atom stereocenters. The van der Waals surface area contributed by atoms with Crippen molar-refractivity contribution in [2.75, 3.05) is 13.2 Å². The lowest BCUT2D eigenvalue weighted by Gasteiger charge is -2.23. The van der Waals surface area contributed by atoms with Crippen LogP contribution in [0.2, 0.25) is 0 Å². The molecule has 0 N–H and O–H groups in total. The van der Waals surface area contributed by atoms with Crippen LogP contribution in [0.15, 0.2) is 24.3 Å². The first-order valence-corrected chi connectivity index (χ1v) is 6.52. The van der Waals surface area contributed by atoms with Gasteiger partial charge in [0.2, 0.25) is 0 Å². The summed E-state index contributed by atoms with van der Waals surface area (Å²) in [6, 6.07) is 8.01. The Morgan fingerprint density at radius 1 is 1.35 bits per heavy atom. The first-order valence-electron chi connectivity index (χ1n) is 6.52. The van der Waals surface area contributed by atoms with E-state index in [1.807, 2.05) is 25.1 Å². The van der Waals surface area contributed by atoms with E-state index >= 15 is 0 Å². The zero-order valence-corrected chi connectivity index (χ0v) is 10.4. The Balaban J connectivity index is 1.93. The number of rotatable bonds is 5. The van der Waals surface area contributed by atoms with Crippen LogP contribution in [0.1, 0.15) is 42.1 Å². The molecule has 0 aliphatic heterocycles. The Labute approximate surface area is 103 Å². The molecule has 1 aliphatic carbocycles. The predicted octanol–water partition coefficient (Wildman–Crippen LogP) is 3.25. The van der Waals surface area contributed by atoms with E-state index in [0.29, 0.717) is 5.78 Å². The summed E-state index contributed by atoms with van der Waals surface area (Å²) in [4.78, 5) is 12.2. The quantitative estimate of drug-likeness (QED) is 0.728. The first-order chi connectivity index (χ1) is 8.33. The van der Waals surface area contributed by atoms with Gasteiger partial charge in [0.25, 0.3) is 0 Å². The predicted molar refractivity (Wildman–Crippen MR) is 68.3 cm³/mol. The van der Waals surface area contributed by atoms with Crippen molar-refractivity contribution in [1.82, 2.24) is 0 Å². The molecule has 0 amide bonds. The minimum Gasteiger partial charge on any atom is -0.382 e. The van der Waals surface area contributed by atoms with E-state index in [1.165, 1.54) is 5.56 Å². The van der Waals surface area contributed by atoms with Crippen LogP contribution >= 0.6 is 0 Å². The van der Waals surface area contributed by atoms with Gasteiger partial charge < -0.3 is 4.74 Å². The highest BCUT2D eigenvalue weighted by molar-refractivity contribution is 6.00. The van der Waals surface area contributed by atoms with E-state index in [4.69, 9.17) is 4.74 Å². The number of benzene rings is 1. The Kier molecular flexibility index (Phi) is 4.32. The SMILES string of the molecule is CCOCCCC1CCc2ccccc2C1=O. The highest BCUT2D eigenvalue weighted by Crippen LogP contribution is 2.28. The zero-order chi connectivity index (χ0) is 12.1. The largest absolute Gasteiger partial charge is 0.382 e. The zero-order valence-electron chi connectivity index (χ0n) is 10.4. The molecule has 0 heterocycles. The van der Waals surface area contributed by atoms with Crippen LogP contribution < -0.4 is 0 Å². The summed E-state index contributed by atoms with van der Waals surface area (Å²) in [7, 11) is 0. The molecular formula is C15H20O2. The van der Waals surface area contributed by atoms with Gasteiger partial charge in [-0.05, 0) is 38.2 Å². The fraction of sp³-hybridized carbons (Fsp3) is 0.533. The second-order valence-electron chi connectivity index (χ2n) is 4.60. The molecule has 1 aromatic rings. The van der Waals surface area contributed by atoms with Gasteiger partial charge in [-0.3, -0.25) is 4.79 Å². The van der Waals surface area contributed by atoms with Crippen molar-refractivity contribution in [2.24, 2.45) is 5.92 Å². The van der Waals surface area contributed by atoms with E-state index in [2.05, 4.69) is 6.07 Å². The first kappa shape index (κ1) is 12.3. The van der Waals surface area contributed by atoms with Crippen molar-refractivity contribution in [2.45, 2.75) is 32.6 Å². The molecule has 2 rings (SSSR count). The molecule has 0 aromatic heterocycles.